The van der Waals surface area contributed by atoms with E-state index >= 15 is 0 Å². The van der Waals surface area contributed by atoms with Crippen LogP contribution in [-0.2, 0) is 14.4 Å². The molecule has 0 unspecified atom stereocenters. The maximum absolute atomic E-state index is 13.3. The number of aliphatic carboxylic acids is 1. The third kappa shape index (κ3) is 4.52. The van der Waals surface area contributed by atoms with Gasteiger partial charge < -0.3 is 5.11 Å². The molecule has 2 N–H and O–H groups in total. The summed E-state index contributed by atoms with van der Waals surface area (Å²) in [7, 11) is 0. The van der Waals surface area contributed by atoms with Gasteiger partial charge in [0.05, 0.1) is 5.02 Å². The van der Waals surface area contributed by atoms with Gasteiger partial charge in [-0.15, -0.1) is 0 Å². The number of carbonyl (C=O) groups excluding carboxylic acids is 1. The lowest BCUT2D eigenvalue weighted by Gasteiger charge is -2.01. The summed E-state index contributed by atoms with van der Waals surface area (Å²) in [5, 5.41) is 8.40. The molecule has 0 saturated heterocycles. The van der Waals surface area contributed by atoms with Crippen molar-refractivity contribution >= 4 is 29.6 Å². The van der Waals surface area contributed by atoms with E-state index < -0.39 is 24.3 Å². The van der Waals surface area contributed by atoms with E-state index in [9.17, 15) is 14.0 Å². The minimum absolute atomic E-state index is 0.0625. The van der Waals surface area contributed by atoms with Crippen LogP contribution in [0.2, 0.25) is 5.02 Å². The van der Waals surface area contributed by atoms with Crippen molar-refractivity contribution in [3.05, 3.63) is 40.7 Å². The Morgan fingerprint density at radius 2 is 2.22 bits per heavy atom. The predicted octanol–water partition coefficient (Wildman–Crippen LogP) is 1.62. The van der Waals surface area contributed by atoms with Gasteiger partial charge in [-0.2, -0.15) is 0 Å². The van der Waals surface area contributed by atoms with Gasteiger partial charge in [-0.25, -0.2) is 14.7 Å². The monoisotopic (exact) mass is 273 g/mol. The van der Waals surface area contributed by atoms with Gasteiger partial charge in [0.1, 0.15) is 5.82 Å². The van der Waals surface area contributed by atoms with E-state index in [1.165, 1.54) is 18.2 Å². The molecule has 0 heterocycles. The topological polar surface area (TPSA) is 75.6 Å². The van der Waals surface area contributed by atoms with Crippen molar-refractivity contribution in [3.63, 3.8) is 0 Å². The summed E-state index contributed by atoms with van der Waals surface area (Å²) in [6.45, 7) is -0.667. The molecule has 5 nitrogen and oxygen atoms in total. The fraction of sp³-hybridized carbons (Fsp3) is 0.0909. The summed E-state index contributed by atoms with van der Waals surface area (Å²) in [5.74, 6) is -2.52. The molecule has 7 heteroatoms. The van der Waals surface area contributed by atoms with Crippen LogP contribution in [-0.4, -0.2) is 23.6 Å². The van der Waals surface area contributed by atoms with Gasteiger partial charge in [0.2, 0.25) is 0 Å². The quantitative estimate of drug-likeness (QED) is 0.631. The summed E-state index contributed by atoms with van der Waals surface area (Å²) in [6.07, 6.45) is 2.14. The van der Waals surface area contributed by atoms with Crippen molar-refractivity contribution in [3.8, 4) is 0 Å². The summed E-state index contributed by atoms with van der Waals surface area (Å²) in [6, 6.07) is 4.11. The summed E-state index contributed by atoms with van der Waals surface area (Å²) >= 11 is 5.73. The van der Waals surface area contributed by atoms with Gasteiger partial charge in [0, 0.05) is 11.6 Å². The van der Waals surface area contributed by atoms with Crippen molar-refractivity contribution in [2.75, 3.05) is 6.61 Å². The molecule has 18 heavy (non-hydrogen) atoms. The number of hydrogen-bond acceptors (Lipinski definition) is 3. The maximum Gasteiger partial charge on any atom is 0.332 e. The molecule has 1 aromatic rings. The Labute approximate surface area is 107 Å². The molecule has 0 aromatic heterocycles. The van der Waals surface area contributed by atoms with Crippen LogP contribution in [0.4, 0.5) is 4.39 Å². The second-order valence-electron chi connectivity index (χ2n) is 3.12. The Hall–Kier alpha value is -1.92. The average molecular weight is 274 g/mol. The van der Waals surface area contributed by atoms with Gasteiger partial charge in [-0.1, -0.05) is 17.7 Å². The van der Waals surface area contributed by atoms with Crippen LogP contribution in [0.3, 0.4) is 0 Å². The Morgan fingerprint density at radius 3 is 2.83 bits per heavy atom. The molecule has 0 fully saturated rings. The summed E-state index contributed by atoms with van der Waals surface area (Å²) in [5.41, 5.74) is 1.91. The van der Waals surface area contributed by atoms with Gasteiger partial charge in [-0.3, -0.25) is 9.63 Å². The normalized spacial score (nSPS) is 10.6. The Morgan fingerprint density at radius 1 is 1.50 bits per heavy atom. The van der Waals surface area contributed by atoms with E-state index in [4.69, 9.17) is 16.7 Å². The lowest BCUT2D eigenvalue weighted by molar-refractivity contribution is -0.147. The molecule has 0 aliphatic rings. The highest BCUT2D eigenvalue weighted by Gasteiger charge is 2.04. The number of hydroxylamine groups is 1. The average Bonchev–Trinajstić information content (AvgIpc) is 2.27. The standard InChI is InChI=1S/C11H9ClFNO4/c12-8-2-1-3-9(13)7(8)4-5-10(15)14-18-6-11(16)17/h1-5H,6H2,(H,14,15)(H,16,17). The number of amides is 1. The number of hydrogen-bond donors (Lipinski definition) is 2. The number of carboxylic acids is 1. The van der Waals surface area contributed by atoms with Crippen molar-refractivity contribution in [1.82, 2.24) is 5.48 Å². The Kier molecular flexibility index (Phi) is 5.29. The first kappa shape index (κ1) is 14.1. The largest absolute Gasteiger partial charge is 0.479 e. The van der Waals surface area contributed by atoms with Crippen LogP contribution in [0, 0.1) is 5.82 Å². The summed E-state index contributed by atoms with van der Waals surface area (Å²) < 4.78 is 13.3. The SMILES string of the molecule is O=C(O)CONC(=O)C=Cc1c(F)cccc1Cl. The zero-order valence-corrected chi connectivity index (χ0v) is 9.78. The number of benzene rings is 1. The summed E-state index contributed by atoms with van der Waals surface area (Å²) in [4.78, 5) is 25.6. The van der Waals surface area contributed by atoms with E-state index in [0.717, 1.165) is 12.2 Å². The predicted molar refractivity (Wildman–Crippen MR) is 62.2 cm³/mol. The third-order valence-corrected chi connectivity index (χ3v) is 2.10. The highest BCUT2D eigenvalue weighted by Crippen LogP contribution is 2.20. The van der Waals surface area contributed by atoms with Crippen molar-refractivity contribution in [2.24, 2.45) is 0 Å². The third-order valence-electron chi connectivity index (χ3n) is 1.77. The van der Waals surface area contributed by atoms with E-state index in [0.29, 0.717) is 0 Å². The van der Waals surface area contributed by atoms with Crippen LogP contribution in [0.15, 0.2) is 24.3 Å². The van der Waals surface area contributed by atoms with Crippen LogP contribution in [0.5, 0.6) is 0 Å². The Bertz CT molecular complexity index is 470. The molecular formula is C11H9ClFNO4. The van der Waals surface area contributed by atoms with Gasteiger partial charge >= 0.3 is 5.97 Å². The van der Waals surface area contributed by atoms with Crippen molar-refractivity contribution < 1.29 is 23.9 Å². The van der Waals surface area contributed by atoms with Crippen LogP contribution in [0.25, 0.3) is 6.08 Å². The molecule has 96 valence electrons. The fourth-order valence-corrected chi connectivity index (χ4v) is 1.26. The van der Waals surface area contributed by atoms with Crippen LogP contribution in [0.1, 0.15) is 5.56 Å². The zero-order valence-electron chi connectivity index (χ0n) is 9.02. The number of carbonyl (C=O) groups is 2. The molecular weight excluding hydrogens is 265 g/mol. The number of nitrogens with one attached hydrogen (secondary N) is 1. The van der Waals surface area contributed by atoms with E-state index in [2.05, 4.69) is 4.84 Å². The van der Waals surface area contributed by atoms with Crippen LogP contribution >= 0.6 is 11.6 Å². The zero-order chi connectivity index (χ0) is 13.5. The van der Waals surface area contributed by atoms with Gasteiger partial charge in [0.15, 0.2) is 6.61 Å². The molecule has 0 aliphatic heterocycles. The molecule has 1 rings (SSSR count). The second kappa shape index (κ2) is 6.73. The molecule has 0 radical (unpaired) electrons. The number of carboxylic acid groups (broad SMARTS) is 1. The molecule has 0 spiro atoms. The lowest BCUT2D eigenvalue weighted by atomic mass is 10.2. The van der Waals surface area contributed by atoms with Gasteiger partial charge in [-0.05, 0) is 18.2 Å². The first-order valence-corrected chi connectivity index (χ1v) is 5.14. The fourth-order valence-electron chi connectivity index (χ4n) is 1.03. The van der Waals surface area contributed by atoms with Crippen LogP contribution < -0.4 is 5.48 Å². The minimum Gasteiger partial charge on any atom is -0.479 e. The minimum atomic E-state index is -1.23. The molecule has 0 saturated carbocycles. The number of halogens is 2. The molecule has 0 atom stereocenters. The Balaban J connectivity index is 2.58. The first-order chi connectivity index (χ1) is 8.50. The van der Waals surface area contributed by atoms with E-state index in [-0.39, 0.29) is 10.6 Å². The van der Waals surface area contributed by atoms with Crippen molar-refractivity contribution in [1.29, 1.82) is 0 Å². The number of rotatable bonds is 5. The van der Waals surface area contributed by atoms with E-state index in [1.54, 1.807) is 0 Å². The second-order valence-corrected chi connectivity index (χ2v) is 3.52. The van der Waals surface area contributed by atoms with Crippen molar-refractivity contribution in [2.45, 2.75) is 0 Å². The smallest absolute Gasteiger partial charge is 0.332 e. The molecule has 1 amide bonds. The molecule has 1 aromatic carbocycles. The highest BCUT2D eigenvalue weighted by atomic mass is 35.5. The van der Waals surface area contributed by atoms with Gasteiger partial charge in [0.25, 0.3) is 5.91 Å². The molecule has 0 aliphatic carbocycles. The van der Waals surface area contributed by atoms with E-state index in [1.807, 2.05) is 5.48 Å². The maximum atomic E-state index is 13.3. The molecule has 0 bridgehead atoms. The highest BCUT2D eigenvalue weighted by molar-refractivity contribution is 6.32. The first-order valence-electron chi connectivity index (χ1n) is 4.76. The lowest BCUT2D eigenvalue weighted by Crippen LogP contribution is -2.24.